The van der Waals surface area contributed by atoms with Crippen molar-refractivity contribution in [3.63, 3.8) is 0 Å². The molecule has 174 valence electrons. The van der Waals surface area contributed by atoms with Crippen molar-refractivity contribution < 1.29 is 4.79 Å². The van der Waals surface area contributed by atoms with Crippen LogP contribution in [0.4, 0.5) is 5.82 Å². The molecule has 1 aliphatic heterocycles. The predicted octanol–water partition coefficient (Wildman–Crippen LogP) is 2.92. The van der Waals surface area contributed by atoms with E-state index in [0.717, 1.165) is 31.4 Å². The number of rotatable bonds is 9. The lowest BCUT2D eigenvalue weighted by Crippen LogP contribution is -2.45. The van der Waals surface area contributed by atoms with Gasteiger partial charge < -0.3 is 15.6 Å². The number of aromatic nitrogens is 2. The molecule has 1 aromatic heterocycles. The summed E-state index contributed by atoms with van der Waals surface area (Å²) in [6.45, 7) is 10.1. The van der Waals surface area contributed by atoms with Gasteiger partial charge in [-0.15, -0.1) is 0 Å². The van der Waals surface area contributed by atoms with Crippen LogP contribution in [0.25, 0.3) is 0 Å². The van der Waals surface area contributed by atoms with E-state index in [1.807, 2.05) is 36.1 Å². The zero-order valence-electron chi connectivity index (χ0n) is 18.7. The number of hydrogen-bond donors (Lipinski definition) is 5. The number of carbonyl (C=O) groups excluding carboxylic acids is 1. The molecule has 0 unspecified atom stereocenters. The van der Waals surface area contributed by atoms with Crippen LogP contribution in [0.1, 0.15) is 47.8 Å². The molecular formula is C22H33ClN8O. The number of hydrazine groups is 1. The number of anilines is 1. The van der Waals surface area contributed by atoms with Gasteiger partial charge in [0.25, 0.3) is 5.91 Å². The summed E-state index contributed by atoms with van der Waals surface area (Å²) in [5.74, 6) is 6.54. The average Bonchev–Trinajstić information content (AvgIpc) is 3.14. The van der Waals surface area contributed by atoms with E-state index in [1.165, 1.54) is 5.56 Å². The molecule has 0 aliphatic carbocycles. The fraction of sp³-hybridized carbons (Fsp3) is 0.409. The highest BCUT2D eigenvalue weighted by atomic mass is 35.5. The zero-order chi connectivity index (χ0) is 23.7. The zero-order valence-corrected chi connectivity index (χ0v) is 19.5. The smallest absolute Gasteiger partial charge is 0.279 e. The number of fused-ring (bicyclic) bond motifs is 1. The quantitative estimate of drug-likeness (QED) is 0.128. The van der Waals surface area contributed by atoms with Gasteiger partial charge in [-0.05, 0) is 36.9 Å². The molecule has 10 heteroatoms. The molecule has 3 rings (SSSR count). The number of hydrogen-bond acceptors (Lipinski definition) is 6. The van der Waals surface area contributed by atoms with Gasteiger partial charge in [-0.25, -0.2) is 0 Å². The lowest BCUT2D eigenvalue weighted by atomic mass is 10.1. The number of aromatic amines is 1. The third-order valence-electron chi connectivity index (χ3n) is 4.95. The Kier molecular flexibility index (Phi) is 9.70. The monoisotopic (exact) mass is 460 g/mol. The maximum Gasteiger partial charge on any atom is 0.279 e. The molecule has 1 aromatic carbocycles. The van der Waals surface area contributed by atoms with Crippen LogP contribution in [0.15, 0.2) is 36.7 Å². The second-order valence-corrected chi connectivity index (χ2v) is 7.96. The van der Waals surface area contributed by atoms with Crippen LogP contribution in [0, 0.1) is 12.3 Å². The van der Waals surface area contributed by atoms with Gasteiger partial charge in [-0.3, -0.25) is 26.4 Å². The fourth-order valence-electron chi connectivity index (χ4n) is 3.25. The van der Waals surface area contributed by atoms with Gasteiger partial charge in [0, 0.05) is 26.1 Å². The Bertz CT molecular complexity index is 925. The molecule has 32 heavy (non-hydrogen) atoms. The number of nitrogens with one attached hydrogen (secondary N) is 3. The van der Waals surface area contributed by atoms with Crippen molar-refractivity contribution in [2.75, 3.05) is 24.5 Å². The van der Waals surface area contributed by atoms with Crippen molar-refractivity contribution in [2.24, 2.45) is 11.6 Å². The van der Waals surface area contributed by atoms with E-state index in [9.17, 15) is 4.79 Å². The lowest BCUT2D eigenvalue weighted by Gasteiger charge is -2.37. The second-order valence-electron chi connectivity index (χ2n) is 7.60. The van der Waals surface area contributed by atoms with E-state index in [4.69, 9.17) is 28.6 Å². The topological polar surface area (TPSA) is 140 Å². The van der Waals surface area contributed by atoms with E-state index >= 15 is 0 Å². The van der Waals surface area contributed by atoms with E-state index < -0.39 is 0 Å². The molecule has 0 radical (unpaired) electrons. The molecule has 0 saturated heterocycles. The number of amides is 1. The van der Waals surface area contributed by atoms with Crippen LogP contribution in [0.5, 0.6) is 0 Å². The molecule has 1 amide bonds. The molecule has 2 heterocycles. The summed E-state index contributed by atoms with van der Waals surface area (Å²) in [4.78, 5) is 23.1. The molecule has 0 bridgehead atoms. The Balaban J connectivity index is 0.000000278. The number of unbranched alkanes of at least 4 members (excludes halogenated alkanes) is 1. The van der Waals surface area contributed by atoms with Gasteiger partial charge in [0.05, 0.1) is 5.84 Å². The molecule has 9 nitrogen and oxygen atoms in total. The molecule has 0 spiro atoms. The van der Waals surface area contributed by atoms with Crippen molar-refractivity contribution in [2.45, 2.75) is 39.5 Å². The Morgan fingerprint density at radius 1 is 1.25 bits per heavy atom. The highest BCUT2D eigenvalue weighted by Crippen LogP contribution is 2.32. The number of nitrogens with zero attached hydrogens (tertiary/aromatic N) is 3. The molecule has 0 saturated carbocycles. The maximum atomic E-state index is 12.5. The molecule has 2 aromatic rings. The number of H-pyrrole nitrogens is 1. The van der Waals surface area contributed by atoms with Crippen molar-refractivity contribution >= 4 is 29.2 Å². The van der Waals surface area contributed by atoms with Crippen molar-refractivity contribution in [3.05, 3.63) is 58.8 Å². The van der Waals surface area contributed by atoms with Crippen LogP contribution in [0.2, 0.25) is 5.28 Å². The standard InChI is InChI=1S/C13H21ClN6O.C9H12N2/c1-3-4-7-19-9(2)20(8-5-6-16-15)12(21)10-11(19)18-13(14)17-10;1-7-2-4-8(5-3-7)6-9(10)11/h16H,2-8,15H2,1H3,(H,17,18);2-5H,6H2,1H3,(H3,10,11). The first-order chi connectivity index (χ1) is 15.3. The normalized spacial score (nSPS) is 13.0. The third kappa shape index (κ3) is 6.81. The second kappa shape index (κ2) is 12.2. The number of imidazole rings is 1. The van der Waals surface area contributed by atoms with Crippen LogP contribution in [0.3, 0.4) is 0 Å². The van der Waals surface area contributed by atoms with E-state index in [-0.39, 0.29) is 17.0 Å². The van der Waals surface area contributed by atoms with Gasteiger partial charge >= 0.3 is 0 Å². The van der Waals surface area contributed by atoms with Crippen molar-refractivity contribution in [1.29, 1.82) is 5.41 Å². The number of carbonyl (C=O) groups is 1. The van der Waals surface area contributed by atoms with Crippen LogP contribution in [-0.2, 0) is 6.42 Å². The van der Waals surface area contributed by atoms with Crippen molar-refractivity contribution in [3.8, 4) is 0 Å². The first-order valence-corrected chi connectivity index (χ1v) is 11.0. The molecule has 7 N–H and O–H groups in total. The van der Waals surface area contributed by atoms with Gasteiger partial charge in [0.15, 0.2) is 11.5 Å². The van der Waals surface area contributed by atoms with E-state index in [2.05, 4.69) is 28.9 Å². The highest BCUT2D eigenvalue weighted by Gasteiger charge is 2.35. The predicted molar refractivity (Wildman–Crippen MR) is 130 cm³/mol. The molecular weight excluding hydrogens is 428 g/mol. The maximum absolute atomic E-state index is 12.5. The Morgan fingerprint density at radius 2 is 1.91 bits per heavy atom. The summed E-state index contributed by atoms with van der Waals surface area (Å²) in [6.07, 6.45) is 3.32. The first kappa shape index (κ1) is 25.4. The summed E-state index contributed by atoms with van der Waals surface area (Å²) in [7, 11) is 0. The van der Waals surface area contributed by atoms with E-state index in [1.54, 1.807) is 4.90 Å². The van der Waals surface area contributed by atoms with Gasteiger partial charge in [0.1, 0.15) is 5.82 Å². The van der Waals surface area contributed by atoms with Gasteiger partial charge in [-0.2, -0.15) is 4.98 Å². The fourth-order valence-corrected chi connectivity index (χ4v) is 3.42. The van der Waals surface area contributed by atoms with Crippen LogP contribution < -0.4 is 21.9 Å². The Hall–Kier alpha value is -2.88. The number of halogens is 1. The number of amidine groups is 1. The first-order valence-electron chi connectivity index (χ1n) is 10.6. The van der Waals surface area contributed by atoms with Crippen LogP contribution >= 0.6 is 11.6 Å². The van der Waals surface area contributed by atoms with Gasteiger partial charge in [0.2, 0.25) is 5.28 Å². The molecule has 0 fully saturated rings. The SMILES string of the molecule is C=C1N(CCCNN)C(=O)c2[nH]c(Cl)nc2N1CCCC.Cc1ccc(CC(=N)N)cc1. The minimum atomic E-state index is -0.154. The largest absolute Gasteiger partial charge is 0.387 e. The Labute approximate surface area is 194 Å². The minimum absolute atomic E-state index is 0.154. The summed E-state index contributed by atoms with van der Waals surface area (Å²) in [5.41, 5.74) is 10.6. The lowest BCUT2D eigenvalue weighted by molar-refractivity contribution is 0.0785. The minimum Gasteiger partial charge on any atom is -0.387 e. The Morgan fingerprint density at radius 3 is 2.50 bits per heavy atom. The van der Waals surface area contributed by atoms with Gasteiger partial charge in [-0.1, -0.05) is 49.8 Å². The highest BCUT2D eigenvalue weighted by molar-refractivity contribution is 6.29. The number of aryl methyl sites for hydroxylation is 1. The summed E-state index contributed by atoms with van der Waals surface area (Å²) in [6, 6.07) is 8.05. The molecule has 1 aliphatic rings. The molecule has 0 atom stereocenters. The van der Waals surface area contributed by atoms with Crippen LogP contribution in [-0.4, -0.2) is 46.2 Å². The summed E-state index contributed by atoms with van der Waals surface area (Å²) >= 11 is 5.92. The number of nitrogens with two attached hydrogens (primary N) is 2. The average molecular weight is 461 g/mol. The van der Waals surface area contributed by atoms with E-state index in [0.29, 0.717) is 36.8 Å². The number of benzene rings is 1. The third-order valence-corrected chi connectivity index (χ3v) is 5.13. The van der Waals surface area contributed by atoms with Crippen molar-refractivity contribution in [1.82, 2.24) is 20.3 Å². The summed E-state index contributed by atoms with van der Waals surface area (Å²) in [5, 5.41) is 7.28. The summed E-state index contributed by atoms with van der Waals surface area (Å²) < 4.78 is 0.